The maximum atomic E-state index is 5.23. The van der Waals surface area contributed by atoms with Gasteiger partial charge in [-0.1, -0.05) is 133 Å². The lowest BCUT2D eigenvalue weighted by molar-refractivity contribution is 0.434. The summed E-state index contributed by atoms with van der Waals surface area (Å²) in [4.78, 5) is 7.57. The molecule has 8 aromatic rings. The van der Waals surface area contributed by atoms with Crippen LogP contribution in [0.15, 0.2) is 176 Å². The van der Waals surface area contributed by atoms with Crippen LogP contribution in [-0.2, 0) is 0 Å². The number of nitrogens with zero attached hydrogens (tertiary/aromatic N) is 3. The fourth-order valence-corrected chi connectivity index (χ4v) is 7.76. The van der Waals surface area contributed by atoms with E-state index >= 15 is 0 Å². The van der Waals surface area contributed by atoms with Crippen molar-refractivity contribution in [1.29, 1.82) is 0 Å². The summed E-state index contributed by atoms with van der Waals surface area (Å²) >= 11 is 0. The number of pyridine rings is 1. The Labute approximate surface area is 290 Å². The monoisotopic (exact) mass is 643 g/mol. The molecule has 0 spiro atoms. The lowest BCUT2D eigenvalue weighted by atomic mass is 9.98. The Morgan fingerprint density at radius 1 is 0.540 bits per heavy atom. The van der Waals surface area contributed by atoms with Gasteiger partial charge in [-0.05, 0) is 53.6 Å². The average Bonchev–Trinajstić information content (AvgIpc) is 3.47. The third-order valence-corrected chi connectivity index (χ3v) is 10.00. The number of aromatic nitrogens is 2. The van der Waals surface area contributed by atoms with Gasteiger partial charge in [-0.25, -0.2) is 4.98 Å². The van der Waals surface area contributed by atoms with Crippen LogP contribution >= 0.6 is 0 Å². The van der Waals surface area contributed by atoms with Crippen molar-refractivity contribution in [3.8, 4) is 22.4 Å². The number of fused-ring (bicyclic) bond motifs is 8. The maximum absolute atomic E-state index is 5.23. The van der Waals surface area contributed by atoms with E-state index in [9.17, 15) is 0 Å². The van der Waals surface area contributed by atoms with Crippen molar-refractivity contribution in [2.45, 2.75) is 12.2 Å². The Bertz CT molecular complexity index is 2570. The zero-order valence-electron chi connectivity index (χ0n) is 27.2. The maximum Gasteiger partial charge on any atom is 0.138 e. The first-order valence-corrected chi connectivity index (χ1v) is 17.1. The summed E-state index contributed by atoms with van der Waals surface area (Å²) in [5, 5.41) is 10.1. The molecule has 4 heterocycles. The van der Waals surface area contributed by atoms with Gasteiger partial charge in [0, 0.05) is 27.5 Å². The molecule has 0 saturated heterocycles. The third kappa shape index (κ3) is 4.55. The van der Waals surface area contributed by atoms with Crippen LogP contribution in [0.3, 0.4) is 0 Å². The molecular formula is C45H33N5. The smallest absolute Gasteiger partial charge is 0.138 e. The molecule has 2 aliphatic rings. The predicted molar refractivity (Wildman–Crippen MR) is 205 cm³/mol. The van der Waals surface area contributed by atoms with Crippen molar-refractivity contribution < 1.29 is 0 Å². The van der Waals surface area contributed by atoms with Gasteiger partial charge in [0.1, 0.15) is 17.8 Å². The number of hydrogen-bond acceptors (Lipinski definition) is 4. The van der Waals surface area contributed by atoms with Crippen molar-refractivity contribution >= 4 is 44.8 Å². The molecule has 0 fully saturated rings. The summed E-state index contributed by atoms with van der Waals surface area (Å²) in [5.41, 5.74) is 11.4. The minimum atomic E-state index is -0.107. The minimum Gasteiger partial charge on any atom is -0.352 e. The molecule has 2 aliphatic heterocycles. The normalized spacial score (nSPS) is 16.6. The number of benzene rings is 6. The first kappa shape index (κ1) is 28.6. The molecule has 10 rings (SSSR count). The number of hydrogen-bond donors (Lipinski definition) is 2. The van der Waals surface area contributed by atoms with Crippen molar-refractivity contribution in [3.05, 3.63) is 187 Å². The molecule has 2 atom stereocenters. The van der Waals surface area contributed by atoms with Gasteiger partial charge >= 0.3 is 0 Å². The average molecular weight is 644 g/mol. The van der Waals surface area contributed by atoms with Gasteiger partial charge in [-0.3, -0.25) is 14.8 Å². The molecule has 2 aromatic heterocycles. The van der Waals surface area contributed by atoms with Crippen LogP contribution in [0.1, 0.15) is 23.3 Å². The van der Waals surface area contributed by atoms with Crippen LogP contribution in [0.25, 0.3) is 50.0 Å². The molecule has 238 valence electrons. The van der Waals surface area contributed by atoms with E-state index < -0.39 is 0 Å². The molecule has 0 amide bonds. The first-order valence-electron chi connectivity index (χ1n) is 17.1. The minimum absolute atomic E-state index is 0.0129. The fourth-order valence-electron chi connectivity index (χ4n) is 7.76. The van der Waals surface area contributed by atoms with Gasteiger partial charge in [0.05, 0.1) is 34.1 Å². The number of para-hydroxylation sites is 4. The fraction of sp³-hybridized carbons (Fsp3) is 0.0444. The van der Waals surface area contributed by atoms with Crippen molar-refractivity contribution in [2.24, 2.45) is 0 Å². The lowest BCUT2D eigenvalue weighted by Crippen LogP contribution is -2.41. The molecule has 0 aliphatic carbocycles. The van der Waals surface area contributed by atoms with Crippen LogP contribution in [-0.4, -0.2) is 9.55 Å². The zero-order chi connectivity index (χ0) is 33.0. The highest BCUT2D eigenvalue weighted by Gasteiger charge is 2.34. The van der Waals surface area contributed by atoms with E-state index in [1.165, 1.54) is 22.1 Å². The molecular weight excluding hydrogens is 611 g/mol. The highest BCUT2D eigenvalue weighted by atomic mass is 15.3. The second-order valence-corrected chi connectivity index (χ2v) is 12.9. The van der Waals surface area contributed by atoms with Gasteiger partial charge in [-0.2, -0.15) is 0 Å². The number of anilines is 3. The van der Waals surface area contributed by atoms with E-state index in [-0.39, 0.29) is 12.2 Å². The van der Waals surface area contributed by atoms with Gasteiger partial charge in [0.25, 0.3) is 0 Å². The molecule has 0 radical (unpaired) electrons. The standard InChI is InChI=1S/C45H33N5/c1-3-15-30(16-4-1)37-29-42(48-45(47-37)32-18-5-2-6-19-32)50-39-25-13-9-21-34(39)43-33-20-8-12-24-38(33)49(40-26-14-10-22-35(40)44(43)50)41-28-27-31-17-7-11-23-36(31)46-41/h1-29,37,45,47-48H. The van der Waals surface area contributed by atoms with E-state index in [4.69, 9.17) is 4.98 Å². The summed E-state index contributed by atoms with van der Waals surface area (Å²) in [6, 6.07) is 60.3. The molecule has 5 nitrogen and oxygen atoms in total. The van der Waals surface area contributed by atoms with E-state index in [0.717, 1.165) is 56.3 Å². The van der Waals surface area contributed by atoms with E-state index in [2.05, 4.69) is 196 Å². The van der Waals surface area contributed by atoms with Crippen LogP contribution in [0, 0.1) is 0 Å². The Kier molecular flexibility index (Phi) is 6.64. The van der Waals surface area contributed by atoms with Gasteiger partial charge in [-0.15, -0.1) is 0 Å². The van der Waals surface area contributed by atoms with E-state index in [0.29, 0.717) is 0 Å². The number of rotatable bonds is 4. The van der Waals surface area contributed by atoms with Gasteiger partial charge in [0.2, 0.25) is 0 Å². The summed E-state index contributed by atoms with van der Waals surface area (Å²) < 4.78 is 2.45. The Morgan fingerprint density at radius 3 is 2.00 bits per heavy atom. The Balaban J connectivity index is 1.26. The van der Waals surface area contributed by atoms with Crippen LogP contribution in [0.4, 0.5) is 17.2 Å². The van der Waals surface area contributed by atoms with Crippen molar-refractivity contribution in [3.63, 3.8) is 0 Å². The molecule has 50 heavy (non-hydrogen) atoms. The van der Waals surface area contributed by atoms with E-state index in [1.54, 1.807) is 0 Å². The largest absolute Gasteiger partial charge is 0.352 e. The summed E-state index contributed by atoms with van der Waals surface area (Å²) in [6.07, 6.45) is 2.23. The van der Waals surface area contributed by atoms with Crippen molar-refractivity contribution in [2.75, 3.05) is 4.90 Å². The van der Waals surface area contributed by atoms with Crippen molar-refractivity contribution in [1.82, 2.24) is 20.2 Å². The molecule has 2 unspecified atom stereocenters. The SMILES string of the molecule is C1=C(n2c3c(c4ccccc42)-c2ccccc2N(c2ccc4ccccc4n2)c2ccccc2-3)NC(c2ccccc2)NC1c1ccccc1. The van der Waals surface area contributed by atoms with Crippen LogP contribution in [0.5, 0.6) is 0 Å². The quantitative estimate of drug-likeness (QED) is 0.200. The van der Waals surface area contributed by atoms with Gasteiger partial charge in [0.15, 0.2) is 0 Å². The Morgan fingerprint density at radius 2 is 1.18 bits per heavy atom. The topological polar surface area (TPSA) is 45.1 Å². The van der Waals surface area contributed by atoms with E-state index in [1.807, 2.05) is 0 Å². The number of nitrogens with one attached hydrogen (secondary N) is 2. The van der Waals surface area contributed by atoms with Crippen LogP contribution < -0.4 is 15.5 Å². The first-order chi connectivity index (χ1) is 24.8. The third-order valence-electron chi connectivity index (χ3n) is 10.00. The Hall–Kier alpha value is -6.43. The zero-order valence-corrected chi connectivity index (χ0v) is 27.2. The molecule has 6 aromatic carbocycles. The summed E-state index contributed by atoms with van der Waals surface area (Å²) in [5.74, 6) is 1.92. The molecule has 5 heteroatoms. The summed E-state index contributed by atoms with van der Waals surface area (Å²) in [7, 11) is 0. The highest BCUT2D eigenvalue weighted by Crippen LogP contribution is 2.54. The summed E-state index contributed by atoms with van der Waals surface area (Å²) in [6.45, 7) is 0. The second kappa shape index (κ2) is 11.6. The predicted octanol–water partition coefficient (Wildman–Crippen LogP) is 10.7. The molecule has 0 saturated carbocycles. The molecule has 0 bridgehead atoms. The van der Waals surface area contributed by atoms with Crippen LogP contribution in [0.2, 0.25) is 0 Å². The van der Waals surface area contributed by atoms with Gasteiger partial charge < -0.3 is 5.32 Å². The second-order valence-electron chi connectivity index (χ2n) is 12.9. The lowest BCUT2D eigenvalue weighted by Gasteiger charge is -2.34. The highest BCUT2D eigenvalue weighted by molar-refractivity contribution is 6.13. The molecule has 2 N–H and O–H groups in total.